The summed E-state index contributed by atoms with van der Waals surface area (Å²) >= 11 is 0. The summed E-state index contributed by atoms with van der Waals surface area (Å²) in [6, 6.07) is 3.47. The van der Waals surface area contributed by atoms with Gasteiger partial charge in [-0.15, -0.1) is 0 Å². The Balaban J connectivity index is 2.70. The molecule has 3 nitrogen and oxygen atoms in total. The fraction of sp³-hybridized carbons (Fsp3) is 0.364. The van der Waals surface area contributed by atoms with Gasteiger partial charge in [0.25, 0.3) is 5.91 Å². The van der Waals surface area contributed by atoms with Crippen LogP contribution in [0, 0.1) is 11.6 Å². The van der Waals surface area contributed by atoms with E-state index in [0.29, 0.717) is 0 Å². The lowest BCUT2D eigenvalue weighted by atomic mass is 10.2. The molecule has 1 aromatic rings. The summed E-state index contributed by atoms with van der Waals surface area (Å²) in [5.41, 5.74) is -0.302. The second-order valence-electron chi connectivity index (χ2n) is 3.36. The van der Waals surface area contributed by atoms with E-state index in [9.17, 15) is 13.6 Å². The Kier molecular flexibility index (Phi) is 4.37. The second-order valence-corrected chi connectivity index (χ2v) is 3.36. The number of methoxy groups -OCH3 is 1. The predicted octanol–water partition coefficient (Wildman–Crippen LogP) is 1.73. The van der Waals surface area contributed by atoms with Crippen LogP contribution in [0.3, 0.4) is 0 Å². The average Bonchev–Trinajstić information content (AvgIpc) is 2.29. The summed E-state index contributed by atoms with van der Waals surface area (Å²) in [5, 5.41) is 2.45. The number of amides is 1. The number of rotatable bonds is 4. The molecule has 1 rings (SSSR count). The van der Waals surface area contributed by atoms with Crippen molar-refractivity contribution in [1.29, 1.82) is 0 Å². The van der Waals surface area contributed by atoms with Crippen molar-refractivity contribution in [3.05, 3.63) is 35.4 Å². The number of ether oxygens (including phenoxy) is 1. The van der Waals surface area contributed by atoms with Crippen LogP contribution in [0.1, 0.15) is 17.3 Å². The van der Waals surface area contributed by atoms with Gasteiger partial charge in [0.2, 0.25) is 0 Å². The van der Waals surface area contributed by atoms with Gasteiger partial charge in [-0.1, -0.05) is 6.07 Å². The summed E-state index contributed by atoms with van der Waals surface area (Å²) in [4.78, 5) is 11.5. The molecule has 0 radical (unpaired) electrons. The fourth-order valence-electron chi connectivity index (χ4n) is 1.09. The van der Waals surface area contributed by atoms with Crippen LogP contribution in [0.4, 0.5) is 8.78 Å². The van der Waals surface area contributed by atoms with Crippen molar-refractivity contribution in [2.45, 2.75) is 13.0 Å². The molecule has 0 heterocycles. The lowest BCUT2D eigenvalue weighted by Crippen LogP contribution is -2.32. The largest absolute Gasteiger partial charge is 0.380 e. The van der Waals surface area contributed by atoms with Crippen molar-refractivity contribution < 1.29 is 18.3 Å². The highest BCUT2D eigenvalue weighted by Crippen LogP contribution is 2.10. The molecule has 88 valence electrons. The fourth-order valence-corrected chi connectivity index (χ4v) is 1.09. The molecule has 1 atom stereocenters. The van der Waals surface area contributed by atoms with Gasteiger partial charge < -0.3 is 10.1 Å². The molecule has 1 amide bonds. The minimum Gasteiger partial charge on any atom is -0.380 e. The first-order valence-electron chi connectivity index (χ1n) is 4.81. The zero-order chi connectivity index (χ0) is 12.1. The quantitative estimate of drug-likeness (QED) is 0.853. The molecular formula is C11H13F2NO2. The standard InChI is InChI=1S/C11H13F2NO2/c1-7(16-2)6-14-11(15)8-4-3-5-9(12)10(8)13/h3-5,7H,6H2,1-2H3,(H,14,15). The summed E-state index contributed by atoms with van der Waals surface area (Å²) in [7, 11) is 1.50. The van der Waals surface area contributed by atoms with Crippen LogP contribution in [0.2, 0.25) is 0 Å². The maximum absolute atomic E-state index is 13.2. The minimum absolute atomic E-state index is 0.180. The van der Waals surface area contributed by atoms with E-state index >= 15 is 0 Å². The van der Waals surface area contributed by atoms with Crippen LogP contribution in [-0.4, -0.2) is 25.7 Å². The van der Waals surface area contributed by atoms with Gasteiger partial charge in [-0.25, -0.2) is 8.78 Å². The van der Waals surface area contributed by atoms with E-state index in [0.717, 1.165) is 6.07 Å². The van der Waals surface area contributed by atoms with E-state index in [-0.39, 0.29) is 18.2 Å². The van der Waals surface area contributed by atoms with Gasteiger partial charge in [0.05, 0.1) is 11.7 Å². The zero-order valence-electron chi connectivity index (χ0n) is 9.09. The first-order chi connectivity index (χ1) is 7.56. The molecule has 0 aromatic heterocycles. The van der Waals surface area contributed by atoms with Crippen molar-refractivity contribution in [3.8, 4) is 0 Å². The average molecular weight is 229 g/mol. The predicted molar refractivity (Wildman–Crippen MR) is 55.2 cm³/mol. The smallest absolute Gasteiger partial charge is 0.254 e. The van der Waals surface area contributed by atoms with Gasteiger partial charge in [-0.2, -0.15) is 0 Å². The van der Waals surface area contributed by atoms with Crippen molar-refractivity contribution in [2.75, 3.05) is 13.7 Å². The summed E-state index contributed by atoms with van der Waals surface area (Å²) in [6.07, 6.45) is -0.180. The van der Waals surface area contributed by atoms with E-state index in [1.165, 1.54) is 19.2 Å². The van der Waals surface area contributed by atoms with Crippen LogP contribution in [0.25, 0.3) is 0 Å². The molecule has 1 unspecified atom stereocenters. The van der Waals surface area contributed by atoms with Gasteiger partial charge in [0, 0.05) is 13.7 Å². The molecule has 1 N–H and O–H groups in total. The van der Waals surface area contributed by atoms with Crippen molar-refractivity contribution in [3.63, 3.8) is 0 Å². The van der Waals surface area contributed by atoms with Crippen LogP contribution in [-0.2, 0) is 4.74 Å². The maximum atomic E-state index is 13.2. The third-order valence-corrected chi connectivity index (χ3v) is 2.15. The Labute approximate surface area is 92.4 Å². The molecule has 0 aliphatic heterocycles. The number of hydrogen-bond donors (Lipinski definition) is 1. The van der Waals surface area contributed by atoms with E-state index < -0.39 is 17.5 Å². The Morgan fingerprint density at radius 2 is 2.19 bits per heavy atom. The molecule has 1 aromatic carbocycles. The molecule has 0 fully saturated rings. The first kappa shape index (κ1) is 12.6. The number of nitrogens with one attached hydrogen (secondary N) is 1. The molecule has 5 heteroatoms. The Bertz CT molecular complexity index is 382. The number of carbonyl (C=O) groups is 1. The number of carbonyl (C=O) groups excluding carboxylic acids is 1. The first-order valence-corrected chi connectivity index (χ1v) is 4.81. The summed E-state index contributed by atoms with van der Waals surface area (Å²) in [5.74, 6) is -2.82. The van der Waals surface area contributed by atoms with Gasteiger partial charge in [0.15, 0.2) is 11.6 Å². The monoisotopic (exact) mass is 229 g/mol. The molecule has 0 saturated carbocycles. The molecule has 16 heavy (non-hydrogen) atoms. The lowest BCUT2D eigenvalue weighted by Gasteiger charge is -2.11. The molecular weight excluding hydrogens is 216 g/mol. The van der Waals surface area contributed by atoms with Gasteiger partial charge >= 0.3 is 0 Å². The highest BCUT2D eigenvalue weighted by Gasteiger charge is 2.15. The highest BCUT2D eigenvalue weighted by atomic mass is 19.2. The molecule has 0 aliphatic carbocycles. The van der Waals surface area contributed by atoms with Crippen LogP contribution in [0.5, 0.6) is 0 Å². The highest BCUT2D eigenvalue weighted by molar-refractivity contribution is 5.94. The SMILES string of the molecule is COC(C)CNC(=O)c1cccc(F)c1F. The second kappa shape index (κ2) is 5.55. The molecule has 0 spiro atoms. The van der Waals surface area contributed by atoms with Crippen molar-refractivity contribution in [1.82, 2.24) is 5.32 Å². The van der Waals surface area contributed by atoms with E-state index in [2.05, 4.69) is 5.32 Å². The van der Waals surface area contributed by atoms with Gasteiger partial charge in [0.1, 0.15) is 0 Å². The molecule has 0 aliphatic rings. The van der Waals surface area contributed by atoms with Crippen molar-refractivity contribution in [2.24, 2.45) is 0 Å². The molecule has 0 saturated heterocycles. The number of halogens is 2. The van der Waals surface area contributed by atoms with E-state index in [1.54, 1.807) is 6.92 Å². The third-order valence-electron chi connectivity index (χ3n) is 2.15. The van der Waals surface area contributed by atoms with E-state index in [1.807, 2.05) is 0 Å². The number of benzene rings is 1. The van der Waals surface area contributed by atoms with Crippen LogP contribution >= 0.6 is 0 Å². The lowest BCUT2D eigenvalue weighted by molar-refractivity contribution is 0.0866. The minimum atomic E-state index is -1.13. The van der Waals surface area contributed by atoms with Crippen LogP contribution < -0.4 is 5.32 Å². The Morgan fingerprint density at radius 3 is 2.81 bits per heavy atom. The van der Waals surface area contributed by atoms with Crippen molar-refractivity contribution >= 4 is 5.91 Å². The molecule has 0 bridgehead atoms. The van der Waals surface area contributed by atoms with E-state index in [4.69, 9.17) is 4.74 Å². The third kappa shape index (κ3) is 3.00. The van der Waals surface area contributed by atoms with Gasteiger partial charge in [-0.05, 0) is 19.1 Å². The topological polar surface area (TPSA) is 38.3 Å². The van der Waals surface area contributed by atoms with Gasteiger partial charge in [-0.3, -0.25) is 4.79 Å². The van der Waals surface area contributed by atoms with Crippen LogP contribution in [0.15, 0.2) is 18.2 Å². The summed E-state index contributed by atoms with van der Waals surface area (Å²) in [6.45, 7) is 1.99. The Morgan fingerprint density at radius 1 is 1.50 bits per heavy atom. The maximum Gasteiger partial charge on any atom is 0.254 e. The zero-order valence-corrected chi connectivity index (χ0v) is 9.09. The normalized spacial score (nSPS) is 12.2. The Hall–Kier alpha value is -1.49. The summed E-state index contributed by atoms with van der Waals surface area (Å²) < 4.78 is 30.9. The number of hydrogen-bond acceptors (Lipinski definition) is 2.